The third-order valence-corrected chi connectivity index (χ3v) is 1.93. The fourth-order valence-electron chi connectivity index (χ4n) is 0.559. The Bertz CT molecular complexity index is 296. The Hall–Kier alpha value is -0.580. The van der Waals surface area contributed by atoms with Gasteiger partial charge in [0, 0.05) is 0 Å². The van der Waals surface area contributed by atoms with Crippen molar-refractivity contribution in [3.63, 3.8) is 0 Å². The molecule has 0 unspecified atom stereocenters. The molecular formula is C7H5IO2. The highest BCUT2D eigenvalue weighted by Gasteiger charge is 1.96. The Kier molecular flexibility index (Phi) is 2.26. The van der Waals surface area contributed by atoms with E-state index < -0.39 is 0 Å². The molecule has 1 aromatic rings. The fraction of sp³-hybridized carbons (Fsp3) is 0. The molecular weight excluding hydrogens is 243 g/mol. The van der Waals surface area contributed by atoms with E-state index in [1.165, 1.54) is 6.07 Å². The number of rotatable bonds is 0. The van der Waals surface area contributed by atoms with Gasteiger partial charge in [0.2, 0.25) is 5.43 Å². The van der Waals surface area contributed by atoms with E-state index in [1.54, 1.807) is 18.2 Å². The minimum absolute atomic E-state index is 0.175. The van der Waals surface area contributed by atoms with E-state index in [0.717, 1.165) is 0 Å². The van der Waals surface area contributed by atoms with Crippen LogP contribution in [0.15, 0.2) is 29.1 Å². The lowest BCUT2D eigenvalue weighted by Gasteiger charge is -1.83. The molecule has 1 N–H and O–H groups in total. The number of hydrogen-bond donors (Lipinski definition) is 1. The van der Waals surface area contributed by atoms with E-state index in [9.17, 15) is 4.79 Å². The molecule has 0 spiro atoms. The van der Waals surface area contributed by atoms with Crippen LogP contribution in [0.1, 0.15) is 0 Å². The molecule has 0 aliphatic rings. The van der Waals surface area contributed by atoms with Crippen molar-refractivity contribution in [1.29, 1.82) is 0 Å². The Morgan fingerprint density at radius 2 is 1.90 bits per heavy atom. The number of aromatic hydroxyl groups is 1. The minimum atomic E-state index is -0.339. The molecule has 0 bridgehead atoms. The summed E-state index contributed by atoms with van der Waals surface area (Å²) in [4.78, 5) is 10.8. The molecule has 0 aliphatic heterocycles. The highest BCUT2D eigenvalue weighted by Crippen LogP contribution is 2.10. The molecule has 1 aromatic carbocycles. The lowest BCUT2D eigenvalue weighted by Crippen LogP contribution is -1.93. The van der Waals surface area contributed by atoms with Gasteiger partial charge in [-0.15, -0.1) is 0 Å². The normalized spacial score (nSPS) is 9.30. The molecule has 0 radical (unpaired) electrons. The zero-order valence-corrected chi connectivity index (χ0v) is 7.20. The summed E-state index contributed by atoms with van der Waals surface area (Å²) in [6.45, 7) is 0. The summed E-state index contributed by atoms with van der Waals surface area (Å²) in [5.74, 6) is -0.175. The van der Waals surface area contributed by atoms with Crippen molar-refractivity contribution in [2.24, 2.45) is 0 Å². The van der Waals surface area contributed by atoms with Gasteiger partial charge in [0.15, 0.2) is 5.75 Å². The van der Waals surface area contributed by atoms with Crippen molar-refractivity contribution in [2.75, 3.05) is 0 Å². The molecule has 0 aromatic heterocycles. The predicted octanol–water partition coefficient (Wildman–Crippen LogP) is 1.36. The Morgan fingerprint density at radius 3 is 2.60 bits per heavy atom. The summed E-state index contributed by atoms with van der Waals surface area (Å²) in [5.41, 5.74) is -0.339. The van der Waals surface area contributed by atoms with Crippen LogP contribution in [-0.2, 0) is 0 Å². The second kappa shape index (κ2) is 3.01. The summed E-state index contributed by atoms with van der Waals surface area (Å²) < 4.78 is 0.576. The quantitative estimate of drug-likeness (QED) is 0.704. The molecule has 0 heterocycles. The zero-order chi connectivity index (χ0) is 7.56. The summed E-state index contributed by atoms with van der Waals surface area (Å²) in [6.07, 6.45) is 0. The van der Waals surface area contributed by atoms with Crippen molar-refractivity contribution in [3.05, 3.63) is 38.1 Å². The Labute approximate surface area is 71.7 Å². The summed E-state index contributed by atoms with van der Waals surface area (Å²) in [5, 5.41) is 9.05. The van der Waals surface area contributed by atoms with Gasteiger partial charge in [-0.2, -0.15) is 0 Å². The van der Waals surface area contributed by atoms with E-state index in [4.69, 9.17) is 5.11 Å². The van der Waals surface area contributed by atoms with Crippen LogP contribution >= 0.6 is 22.6 Å². The first-order chi connectivity index (χ1) is 4.72. The maximum Gasteiger partial charge on any atom is 0.221 e. The Balaban J connectivity index is 3.53. The molecule has 0 amide bonds. The van der Waals surface area contributed by atoms with Gasteiger partial charge >= 0.3 is 0 Å². The van der Waals surface area contributed by atoms with E-state index in [2.05, 4.69) is 0 Å². The molecule has 0 atom stereocenters. The molecule has 0 saturated heterocycles. The van der Waals surface area contributed by atoms with E-state index in [0.29, 0.717) is 3.57 Å². The first kappa shape index (κ1) is 7.53. The molecule has 0 saturated carbocycles. The summed E-state index contributed by atoms with van der Waals surface area (Å²) in [6, 6.07) is 6.32. The first-order valence-corrected chi connectivity index (χ1v) is 3.77. The van der Waals surface area contributed by atoms with Crippen LogP contribution in [0.2, 0.25) is 0 Å². The third kappa shape index (κ3) is 1.47. The Morgan fingerprint density at radius 1 is 1.30 bits per heavy atom. The zero-order valence-electron chi connectivity index (χ0n) is 5.04. The molecule has 10 heavy (non-hydrogen) atoms. The SMILES string of the molecule is O=c1ccccc(I)c1O. The highest BCUT2D eigenvalue weighted by atomic mass is 127. The average Bonchev–Trinajstić information content (AvgIpc) is 2.04. The van der Waals surface area contributed by atoms with Crippen LogP contribution in [0.4, 0.5) is 0 Å². The van der Waals surface area contributed by atoms with Gasteiger partial charge in [-0.1, -0.05) is 12.1 Å². The average molecular weight is 248 g/mol. The highest BCUT2D eigenvalue weighted by molar-refractivity contribution is 14.1. The van der Waals surface area contributed by atoms with Crippen molar-refractivity contribution < 1.29 is 5.11 Å². The van der Waals surface area contributed by atoms with Gasteiger partial charge in [0.25, 0.3) is 0 Å². The molecule has 2 nitrogen and oxygen atoms in total. The predicted molar refractivity (Wildman–Crippen MR) is 47.1 cm³/mol. The maximum absolute atomic E-state index is 10.8. The van der Waals surface area contributed by atoms with Crippen LogP contribution in [-0.4, -0.2) is 5.11 Å². The topological polar surface area (TPSA) is 37.3 Å². The molecule has 0 aliphatic carbocycles. The summed E-state index contributed by atoms with van der Waals surface area (Å²) >= 11 is 1.90. The standard InChI is InChI=1S/C7H5IO2/c8-5-3-1-2-4-6(9)7(5)10/h1-4H,(H,9,10). The van der Waals surface area contributed by atoms with E-state index in [-0.39, 0.29) is 11.2 Å². The van der Waals surface area contributed by atoms with Crippen molar-refractivity contribution in [3.8, 4) is 5.75 Å². The van der Waals surface area contributed by atoms with Gasteiger partial charge in [-0.25, -0.2) is 0 Å². The monoisotopic (exact) mass is 248 g/mol. The fourth-order valence-corrected chi connectivity index (χ4v) is 1.03. The van der Waals surface area contributed by atoms with Crippen LogP contribution in [0, 0.1) is 3.57 Å². The lowest BCUT2D eigenvalue weighted by atomic mass is 10.5. The van der Waals surface area contributed by atoms with Crippen molar-refractivity contribution in [1.82, 2.24) is 0 Å². The van der Waals surface area contributed by atoms with Gasteiger partial charge in [0.05, 0.1) is 3.57 Å². The van der Waals surface area contributed by atoms with Crippen LogP contribution in [0.5, 0.6) is 5.75 Å². The van der Waals surface area contributed by atoms with Gasteiger partial charge in [-0.3, -0.25) is 4.79 Å². The third-order valence-electron chi connectivity index (χ3n) is 1.06. The first-order valence-electron chi connectivity index (χ1n) is 2.69. The molecule has 0 fully saturated rings. The van der Waals surface area contributed by atoms with Gasteiger partial charge in [-0.05, 0) is 34.7 Å². The van der Waals surface area contributed by atoms with Gasteiger partial charge < -0.3 is 5.11 Å². The van der Waals surface area contributed by atoms with E-state index in [1.807, 2.05) is 22.6 Å². The molecule has 3 heteroatoms. The minimum Gasteiger partial charge on any atom is -0.503 e. The smallest absolute Gasteiger partial charge is 0.221 e. The largest absolute Gasteiger partial charge is 0.503 e. The second-order valence-electron chi connectivity index (χ2n) is 1.78. The van der Waals surface area contributed by atoms with Crippen LogP contribution < -0.4 is 5.43 Å². The summed E-state index contributed by atoms with van der Waals surface area (Å²) in [7, 11) is 0. The van der Waals surface area contributed by atoms with Crippen molar-refractivity contribution >= 4 is 22.6 Å². The van der Waals surface area contributed by atoms with Crippen LogP contribution in [0.25, 0.3) is 0 Å². The maximum atomic E-state index is 10.8. The lowest BCUT2D eigenvalue weighted by molar-refractivity contribution is 0.467. The number of hydrogen-bond acceptors (Lipinski definition) is 2. The second-order valence-corrected chi connectivity index (χ2v) is 2.94. The van der Waals surface area contributed by atoms with E-state index >= 15 is 0 Å². The van der Waals surface area contributed by atoms with Crippen LogP contribution in [0.3, 0.4) is 0 Å². The van der Waals surface area contributed by atoms with Gasteiger partial charge in [0.1, 0.15) is 0 Å². The molecule has 52 valence electrons. The molecule has 1 rings (SSSR count). The number of halogens is 1. The van der Waals surface area contributed by atoms with Crippen molar-refractivity contribution in [2.45, 2.75) is 0 Å².